The Labute approximate surface area is 390 Å². The van der Waals surface area contributed by atoms with E-state index in [1.807, 2.05) is 0 Å². The van der Waals surface area contributed by atoms with Crippen LogP contribution in [-0.4, -0.2) is 83.7 Å². The van der Waals surface area contributed by atoms with Gasteiger partial charge >= 0.3 is 11.9 Å². The van der Waals surface area contributed by atoms with Gasteiger partial charge in [-0.2, -0.15) is 0 Å². The summed E-state index contributed by atoms with van der Waals surface area (Å²) in [5.41, 5.74) is 0.362. The summed E-state index contributed by atoms with van der Waals surface area (Å²) >= 11 is 0. The lowest BCUT2D eigenvalue weighted by Crippen LogP contribution is -2.21. The number of unbranched alkanes of at least 4 members (excludes halogenated alkanes) is 20. The topological polar surface area (TPSA) is 125 Å². The van der Waals surface area contributed by atoms with E-state index in [1.165, 1.54) is 103 Å². The lowest BCUT2D eigenvalue weighted by Gasteiger charge is -2.18. The number of ether oxygens (including phenoxy) is 8. The smallest absolute Gasteiger partial charge is 0.305 e. The summed E-state index contributed by atoms with van der Waals surface area (Å²) in [5, 5.41) is 0. The van der Waals surface area contributed by atoms with Crippen LogP contribution in [-0.2, 0) is 38.0 Å². The highest BCUT2D eigenvalue weighted by Gasteiger charge is 2.15. The van der Waals surface area contributed by atoms with Crippen molar-refractivity contribution in [1.82, 2.24) is 0 Å². The predicted octanol–water partition coefficient (Wildman–Crippen LogP) is 13.8. The Bertz CT molecular complexity index is 1170. The first-order valence-corrected chi connectivity index (χ1v) is 26.1. The first-order valence-electron chi connectivity index (χ1n) is 26.1. The van der Waals surface area contributed by atoms with E-state index in [0.29, 0.717) is 75.8 Å². The third-order valence-corrected chi connectivity index (χ3v) is 11.1. The number of carbonyl (C=O) groups excluding carboxylic acids is 3. The molecule has 0 heterocycles. The molecule has 0 aliphatic rings. The highest BCUT2D eigenvalue weighted by Crippen LogP contribution is 2.23. The second kappa shape index (κ2) is 45.4. The molecular weight excluding hydrogens is 813 g/mol. The molecule has 0 amide bonds. The van der Waals surface area contributed by atoms with Gasteiger partial charge < -0.3 is 37.9 Å². The van der Waals surface area contributed by atoms with Crippen molar-refractivity contribution in [2.75, 3.05) is 52.9 Å². The van der Waals surface area contributed by atoms with Crippen LogP contribution >= 0.6 is 0 Å². The van der Waals surface area contributed by atoms with Gasteiger partial charge in [-0.3, -0.25) is 14.4 Å². The Hall–Kier alpha value is -2.73. The van der Waals surface area contributed by atoms with Gasteiger partial charge in [-0.15, -0.1) is 0 Å². The molecule has 0 unspecified atom stereocenters. The van der Waals surface area contributed by atoms with Crippen LogP contribution in [0.3, 0.4) is 0 Å². The Morgan fingerprint density at radius 3 is 1.17 bits per heavy atom. The van der Waals surface area contributed by atoms with Gasteiger partial charge in [-0.1, -0.05) is 156 Å². The first-order chi connectivity index (χ1) is 31.5. The lowest BCUT2D eigenvalue weighted by molar-refractivity contribution is -0.159. The molecule has 1 aromatic rings. The van der Waals surface area contributed by atoms with Gasteiger partial charge in [0.15, 0.2) is 18.9 Å². The standard InChI is InChI=1S/C53H94O11/c1-5-9-13-17-21-25-37-61-52(62-38-26-22-18-14-10-6-2)35-33-50(55)59-43-29-41-57-48-31-32-49(47(45-48)46-54)58-42-30-44-60-51(56)34-36-53(63-39-27-23-19-15-11-7-3)64-40-28-24-20-16-12-8-4/h31-32,45-46,52-53H,5-30,33-44H2,1-4H3. The molecule has 0 saturated carbocycles. The SMILES string of the molecule is CCCCCCCCOC(CCC(=O)OCCCOc1ccc(OCCCOC(=O)CCC(OCCCCCCCC)OCCCCCCCC)c(C=O)c1)OCCCCCCCC. The van der Waals surface area contributed by atoms with E-state index in [0.717, 1.165) is 57.7 Å². The van der Waals surface area contributed by atoms with Crippen molar-refractivity contribution in [3.8, 4) is 11.5 Å². The Morgan fingerprint density at radius 2 is 0.797 bits per heavy atom. The molecule has 0 bridgehead atoms. The second-order valence-corrected chi connectivity index (χ2v) is 17.2. The molecule has 0 aliphatic carbocycles. The summed E-state index contributed by atoms with van der Waals surface area (Å²) in [6, 6.07) is 5.07. The summed E-state index contributed by atoms with van der Waals surface area (Å²) in [7, 11) is 0. The summed E-state index contributed by atoms with van der Waals surface area (Å²) in [4.78, 5) is 37.0. The van der Waals surface area contributed by atoms with Crippen molar-refractivity contribution in [2.45, 2.75) is 233 Å². The summed E-state index contributed by atoms with van der Waals surface area (Å²) in [6.07, 6.45) is 30.9. The van der Waals surface area contributed by atoms with E-state index in [2.05, 4.69) is 27.7 Å². The van der Waals surface area contributed by atoms with Crippen molar-refractivity contribution in [2.24, 2.45) is 0 Å². The highest BCUT2D eigenvalue weighted by molar-refractivity contribution is 5.80. The van der Waals surface area contributed by atoms with Gasteiger partial charge in [0.2, 0.25) is 0 Å². The van der Waals surface area contributed by atoms with Crippen molar-refractivity contribution in [3.05, 3.63) is 23.8 Å². The minimum atomic E-state index is -0.401. The van der Waals surface area contributed by atoms with E-state index >= 15 is 0 Å². The quantitative estimate of drug-likeness (QED) is 0.0268. The van der Waals surface area contributed by atoms with Crippen LogP contribution in [0.25, 0.3) is 0 Å². The molecule has 64 heavy (non-hydrogen) atoms. The molecule has 0 saturated heterocycles. The van der Waals surface area contributed by atoms with Crippen LogP contribution in [0, 0.1) is 0 Å². The molecule has 372 valence electrons. The van der Waals surface area contributed by atoms with E-state index in [4.69, 9.17) is 37.9 Å². The van der Waals surface area contributed by atoms with E-state index in [1.54, 1.807) is 18.2 Å². The molecule has 0 spiro atoms. The molecule has 0 atom stereocenters. The van der Waals surface area contributed by atoms with Gasteiger partial charge in [0, 0.05) is 52.1 Å². The fraction of sp³-hybridized carbons (Fsp3) is 0.830. The Kier molecular flexibility index (Phi) is 42.1. The van der Waals surface area contributed by atoms with Gasteiger partial charge in [0.1, 0.15) is 11.5 Å². The Morgan fingerprint density at radius 1 is 0.438 bits per heavy atom. The zero-order chi connectivity index (χ0) is 46.4. The summed E-state index contributed by atoms with van der Waals surface area (Å²) in [6.45, 7) is 12.5. The van der Waals surface area contributed by atoms with E-state index in [9.17, 15) is 14.4 Å². The third-order valence-electron chi connectivity index (χ3n) is 11.1. The van der Waals surface area contributed by atoms with Crippen molar-refractivity contribution < 1.29 is 52.3 Å². The molecule has 0 aromatic heterocycles. The first kappa shape index (κ1) is 59.3. The van der Waals surface area contributed by atoms with Gasteiger partial charge in [0.25, 0.3) is 0 Å². The van der Waals surface area contributed by atoms with Gasteiger partial charge in [-0.25, -0.2) is 0 Å². The zero-order valence-electron chi connectivity index (χ0n) is 41.3. The number of esters is 2. The molecule has 0 aliphatic heterocycles. The maximum Gasteiger partial charge on any atom is 0.305 e. The van der Waals surface area contributed by atoms with Crippen LogP contribution < -0.4 is 9.47 Å². The largest absolute Gasteiger partial charge is 0.493 e. The van der Waals surface area contributed by atoms with Crippen molar-refractivity contribution >= 4 is 18.2 Å². The monoisotopic (exact) mass is 907 g/mol. The van der Waals surface area contributed by atoms with Crippen molar-refractivity contribution in [3.63, 3.8) is 0 Å². The van der Waals surface area contributed by atoms with E-state index < -0.39 is 12.6 Å². The number of hydrogen-bond acceptors (Lipinski definition) is 11. The third kappa shape index (κ3) is 36.5. The van der Waals surface area contributed by atoms with Crippen molar-refractivity contribution in [1.29, 1.82) is 0 Å². The molecule has 11 heteroatoms. The van der Waals surface area contributed by atoms with Crippen LogP contribution in [0.5, 0.6) is 11.5 Å². The molecule has 1 rings (SSSR count). The zero-order valence-corrected chi connectivity index (χ0v) is 41.3. The number of carbonyl (C=O) groups is 3. The average Bonchev–Trinajstić information content (AvgIpc) is 3.30. The second-order valence-electron chi connectivity index (χ2n) is 17.2. The number of hydrogen-bond donors (Lipinski definition) is 0. The van der Waals surface area contributed by atoms with Gasteiger partial charge in [0.05, 0.1) is 44.8 Å². The normalized spacial score (nSPS) is 11.4. The van der Waals surface area contributed by atoms with Crippen LogP contribution in [0.1, 0.15) is 231 Å². The van der Waals surface area contributed by atoms with Crippen LogP contribution in [0.4, 0.5) is 0 Å². The maximum absolute atomic E-state index is 12.6. The van der Waals surface area contributed by atoms with Gasteiger partial charge in [-0.05, 0) is 43.9 Å². The molecule has 1 aromatic carbocycles. The number of rotatable bonds is 49. The molecule has 0 radical (unpaired) electrons. The van der Waals surface area contributed by atoms with E-state index in [-0.39, 0.29) is 44.6 Å². The average molecular weight is 907 g/mol. The molecular formula is C53H94O11. The maximum atomic E-state index is 12.6. The predicted molar refractivity (Wildman–Crippen MR) is 257 cm³/mol. The highest BCUT2D eigenvalue weighted by atomic mass is 16.7. The Balaban J connectivity index is 2.36. The summed E-state index contributed by atoms with van der Waals surface area (Å²) in [5.74, 6) is 0.382. The number of benzene rings is 1. The molecule has 0 fully saturated rings. The van der Waals surface area contributed by atoms with Crippen LogP contribution in [0.2, 0.25) is 0 Å². The molecule has 11 nitrogen and oxygen atoms in total. The minimum absolute atomic E-state index is 0.212. The fourth-order valence-corrected chi connectivity index (χ4v) is 7.14. The fourth-order valence-electron chi connectivity index (χ4n) is 7.14. The minimum Gasteiger partial charge on any atom is -0.493 e. The van der Waals surface area contributed by atoms with Crippen LogP contribution in [0.15, 0.2) is 18.2 Å². The lowest BCUT2D eigenvalue weighted by atomic mass is 10.1. The summed E-state index contributed by atoms with van der Waals surface area (Å²) < 4.78 is 46.8. The number of aldehydes is 1. The molecule has 0 N–H and O–H groups in total.